The quantitative estimate of drug-likeness (QED) is 0.743. The van der Waals surface area contributed by atoms with Gasteiger partial charge in [-0.3, -0.25) is 0 Å². The van der Waals surface area contributed by atoms with E-state index in [-0.39, 0.29) is 12.4 Å². The maximum Gasteiger partial charge on any atom is 0.130 e. The lowest BCUT2D eigenvalue weighted by atomic mass is 10.1. The number of halogens is 1. The second-order valence-corrected chi connectivity index (χ2v) is 3.67. The molecule has 96 valence electrons. The molecule has 1 rings (SSSR count). The summed E-state index contributed by atoms with van der Waals surface area (Å²) in [7, 11) is 0. The molecule has 4 heteroatoms. The minimum atomic E-state index is -0.361. The first-order chi connectivity index (χ1) is 8.24. The molecule has 0 unspecified atom stereocenters. The molecule has 1 N–H and O–H groups in total. The van der Waals surface area contributed by atoms with Gasteiger partial charge in [-0.2, -0.15) is 0 Å². The highest BCUT2D eigenvalue weighted by molar-refractivity contribution is 5.53. The highest BCUT2D eigenvalue weighted by Gasteiger charge is 2.12. The Morgan fingerprint density at radius 3 is 2.71 bits per heavy atom. The van der Waals surface area contributed by atoms with E-state index < -0.39 is 0 Å². The van der Waals surface area contributed by atoms with E-state index in [4.69, 9.17) is 4.74 Å². The number of hydrogen-bond acceptors (Lipinski definition) is 3. The number of hydrogen-bond donors (Lipinski definition) is 1. The van der Waals surface area contributed by atoms with E-state index >= 15 is 0 Å². The Labute approximate surface area is 102 Å². The monoisotopic (exact) mass is 241 g/mol. The van der Waals surface area contributed by atoms with Crippen molar-refractivity contribution in [3.05, 3.63) is 29.6 Å². The summed E-state index contributed by atoms with van der Waals surface area (Å²) in [4.78, 5) is 2.00. The van der Waals surface area contributed by atoms with Crippen LogP contribution in [0.1, 0.15) is 19.4 Å². The predicted octanol–water partition coefficient (Wildman–Crippen LogP) is 2.18. The molecule has 0 aliphatic rings. The number of rotatable bonds is 7. The van der Waals surface area contributed by atoms with Crippen LogP contribution >= 0.6 is 0 Å². The van der Waals surface area contributed by atoms with Crippen LogP contribution in [-0.4, -0.2) is 31.4 Å². The van der Waals surface area contributed by atoms with Gasteiger partial charge in [-0.25, -0.2) is 4.39 Å². The fraction of sp³-hybridized carbons (Fsp3) is 0.538. The highest BCUT2D eigenvalue weighted by atomic mass is 19.1. The lowest BCUT2D eigenvalue weighted by Crippen LogP contribution is -2.28. The summed E-state index contributed by atoms with van der Waals surface area (Å²) in [5.41, 5.74) is 1.10. The van der Waals surface area contributed by atoms with Gasteiger partial charge in [0.25, 0.3) is 0 Å². The summed E-state index contributed by atoms with van der Waals surface area (Å²) in [5, 5.41) is 9.22. The molecule has 0 aromatic heterocycles. The molecule has 0 fully saturated rings. The zero-order valence-corrected chi connectivity index (χ0v) is 10.4. The SMILES string of the molecule is CCOCCN(CC)c1cccc(F)c1CO. The van der Waals surface area contributed by atoms with Crippen LogP contribution in [0.5, 0.6) is 0 Å². The molecule has 0 atom stereocenters. The Bertz CT molecular complexity index is 344. The van der Waals surface area contributed by atoms with Crippen LogP contribution in [0.15, 0.2) is 18.2 Å². The van der Waals surface area contributed by atoms with Gasteiger partial charge in [-0.05, 0) is 26.0 Å². The van der Waals surface area contributed by atoms with Crippen molar-refractivity contribution in [2.45, 2.75) is 20.5 Å². The molecular formula is C13H20FNO2. The molecule has 1 aromatic carbocycles. The van der Waals surface area contributed by atoms with E-state index in [2.05, 4.69) is 0 Å². The number of ether oxygens (including phenoxy) is 1. The van der Waals surface area contributed by atoms with Crippen LogP contribution in [0.4, 0.5) is 10.1 Å². The lowest BCUT2D eigenvalue weighted by molar-refractivity contribution is 0.154. The van der Waals surface area contributed by atoms with Gasteiger partial charge >= 0.3 is 0 Å². The summed E-state index contributed by atoms with van der Waals surface area (Å²) in [6.45, 7) is 6.38. The summed E-state index contributed by atoms with van der Waals surface area (Å²) < 4.78 is 18.8. The fourth-order valence-corrected chi connectivity index (χ4v) is 1.77. The summed E-state index contributed by atoms with van der Waals surface area (Å²) >= 11 is 0. The van der Waals surface area contributed by atoms with Crippen molar-refractivity contribution in [1.29, 1.82) is 0 Å². The third kappa shape index (κ3) is 3.68. The molecule has 0 heterocycles. The molecule has 0 bridgehead atoms. The Balaban J connectivity index is 2.83. The maximum atomic E-state index is 13.5. The second-order valence-electron chi connectivity index (χ2n) is 3.67. The van der Waals surface area contributed by atoms with Gasteiger partial charge in [0, 0.05) is 30.9 Å². The first-order valence-electron chi connectivity index (χ1n) is 5.95. The molecular weight excluding hydrogens is 221 g/mol. The van der Waals surface area contributed by atoms with Gasteiger partial charge in [0.15, 0.2) is 0 Å². The lowest BCUT2D eigenvalue weighted by Gasteiger charge is -2.25. The number of nitrogens with zero attached hydrogens (tertiary/aromatic N) is 1. The molecule has 0 radical (unpaired) electrons. The second kappa shape index (κ2) is 7.25. The first-order valence-corrected chi connectivity index (χ1v) is 5.95. The Hall–Kier alpha value is -1.13. The van der Waals surface area contributed by atoms with E-state index in [1.165, 1.54) is 6.07 Å². The summed E-state index contributed by atoms with van der Waals surface area (Å²) in [6, 6.07) is 4.85. The molecule has 3 nitrogen and oxygen atoms in total. The first kappa shape index (κ1) is 13.9. The number of likely N-dealkylation sites (N-methyl/N-ethyl adjacent to an activating group) is 1. The van der Waals surface area contributed by atoms with Gasteiger partial charge in [0.05, 0.1) is 13.2 Å². The standard InChI is InChI=1S/C13H20FNO2/c1-3-15(8-9-17-4-2)13-7-5-6-12(14)11(13)10-16/h5-7,16H,3-4,8-10H2,1-2H3. The molecule has 0 saturated carbocycles. The van der Waals surface area contributed by atoms with Crippen molar-refractivity contribution in [2.24, 2.45) is 0 Å². The van der Waals surface area contributed by atoms with Crippen molar-refractivity contribution in [1.82, 2.24) is 0 Å². The van der Waals surface area contributed by atoms with Crippen LogP contribution in [0.25, 0.3) is 0 Å². The average Bonchev–Trinajstić information content (AvgIpc) is 2.34. The molecule has 0 spiro atoms. The van der Waals surface area contributed by atoms with E-state index in [9.17, 15) is 9.50 Å². The topological polar surface area (TPSA) is 32.7 Å². The van der Waals surface area contributed by atoms with Crippen molar-refractivity contribution < 1.29 is 14.2 Å². The zero-order chi connectivity index (χ0) is 12.7. The molecule has 0 aliphatic carbocycles. The van der Waals surface area contributed by atoms with Gasteiger partial charge in [0.2, 0.25) is 0 Å². The number of aliphatic hydroxyl groups excluding tert-OH is 1. The molecule has 0 amide bonds. The van der Waals surface area contributed by atoms with Crippen LogP contribution in [-0.2, 0) is 11.3 Å². The molecule has 1 aromatic rings. The molecule has 17 heavy (non-hydrogen) atoms. The molecule has 0 aliphatic heterocycles. The summed E-state index contributed by atoms with van der Waals surface area (Å²) in [6.07, 6.45) is 0. The predicted molar refractivity (Wildman–Crippen MR) is 66.7 cm³/mol. The zero-order valence-electron chi connectivity index (χ0n) is 10.4. The van der Waals surface area contributed by atoms with Crippen molar-refractivity contribution in [2.75, 3.05) is 31.2 Å². The maximum absolute atomic E-state index is 13.5. The normalized spacial score (nSPS) is 10.6. The van der Waals surface area contributed by atoms with Crippen molar-refractivity contribution in [3.8, 4) is 0 Å². The third-order valence-corrected chi connectivity index (χ3v) is 2.68. The van der Waals surface area contributed by atoms with E-state index in [1.807, 2.05) is 24.8 Å². The Morgan fingerprint density at radius 2 is 2.12 bits per heavy atom. The van der Waals surface area contributed by atoms with Crippen LogP contribution in [0.2, 0.25) is 0 Å². The van der Waals surface area contributed by atoms with Gasteiger partial charge in [0.1, 0.15) is 5.82 Å². The van der Waals surface area contributed by atoms with Crippen molar-refractivity contribution >= 4 is 5.69 Å². The minimum absolute atomic E-state index is 0.285. The average molecular weight is 241 g/mol. The fourth-order valence-electron chi connectivity index (χ4n) is 1.77. The smallest absolute Gasteiger partial charge is 0.130 e. The Kier molecular flexibility index (Phi) is 5.94. The van der Waals surface area contributed by atoms with Crippen LogP contribution < -0.4 is 4.90 Å². The van der Waals surface area contributed by atoms with E-state index in [0.717, 1.165) is 12.2 Å². The van der Waals surface area contributed by atoms with Crippen LogP contribution in [0.3, 0.4) is 0 Å². The summed E-state index contributed by atoms with van der Waals surface area (Å²) in [5.74, 6) is -0.361. The highest BCUT2D eigenvalue weighted by Crippen LogP contribution is 2.23. The van der Waals surface area contributed by atoms with E-state index in [1.54, 1.807) is 6.07 Å². The largest absolute Gasteiger partial charge is 0.391 e. The van der Waals surface area contributed by atoms with Crippen LogP contribution in [0, 0.1) is 5.82 Å². The van der Waals surface area contributed by atoms with Gasteiger partial charge in [-0.1, -0.05) is 6.07 Å². The number of benzene rings is 1. The van der Waals surface area contributed by atoms with E-state index in [0.29, 0.717) is 25.3 Å². The number of aliphatic hydroxyl groups is 1. The minimum Gasteiger partial charge on any atom is -0.391 e. The number of anilines is 1. The van der Waals surface area contributed by atoms with Gasteiger partial charge in [-0.15, -0.1) is 0 Å². The molecule has 0 saturated heterocycles. The van der Waals surface area contributed by atoms with Gasteiger partial charge < -0.3 is 14.7 Å². The Morgan fingerprint density at radius 1 is 1.35 bits per heavy atom. The third-order valence-electron chi connectivity index (χ3n) is 2.68. The van der Waals surface area contributed by atoms with Crippen molar-refractivity contribution in [3.63, 3.8) is 0 Å².